The van der Waals surface area contributed by atoms with E-state index in [0.29, 0.717) is 18.8 Å². The fourth-order valence-electron chi connectivity index (χ4n) is 2.67. The van der Waals surface area contributed by atoms with Crippen LogP contribution in [0.4, 0.5) is 5.69 Å². The molecule has 2 rings (SSSR count). The standard InChI is InChI=1S/C17H21N3O7/c1-10(21)27-17(18,19)16(24)26-15(23)12-6-5-11(14(22)25-2)9-13(12)20-7-3-4-8-20/h5-6,9H,3-4,7-8,18-19H2,1-2H3. The number of carbonyl (C=O) groups is 4. The van der Waals surface area contributed by atoms with Crippen LogP contribution >= 0.6 is 0 Å². The summed E-state index contributed by atoms with van der Waals surface area (Å²) < 4.78 is 13.8. The molecule has 0 bridgehead atoms. The first-order chi connectivity index (χ1) is 12.7. The molecule has 0 atom stereocenters. The van der Waals surface area contributed by atoms with E-state index < -0.39 is 29.7 Å². The lowest BCUT2D eigenvalue weighted by atomic mass is 10.1. The maximum Gasteiger partial charge on any atom is 0.390 e. The third-order valence-electron chi connectivity index (χ3n) is 3.90. The molecular formula is C17H21N3O7. The number of benzene rings is 1. The molecule has 0 saturated carbocycles. The molecule has 146 valence electrons. The van der Waals surface area contributed by atoms with Gasteiger partial charge in [0.1, 0.15) is 0 Å². The number of ether oxygens (including phenoxy) is 3. The van der Waals surface area contributed by atoms with E-state index in [-0.39, 0.29) is 11.1 Å². The van der Waals surface area contributed by atoms with Crippen molar-refractivity contribution in [1.82, 2.24) is 0 Å². The molecule has 0 radical (unpaired) electrons. The molecule has 0 unspecified atom stereocenters. The summed E-state index contributed by atoms with van der Waals surface area (Å²) in [7, 11) is 1.25. The van der Waals surface area contributed by atoms with Crippen LogP contribution < -0.4 is 16.4 Å². The van der Waals surface area contributed by atoms with Crippen LogP contribution in [0.15, 0.2) is 18.2 Å². The molecule has 0 spiro atoms. The van der Waals surface area contributed by atoms with E-state index >= 15 is 0 Å². The van der Waals surface area contributed by atoms with Crippen molar-refractivity contribution in [1.29, 1.82) is 0 Å². The second-order valence-corrected chi connectivity index (χ2v) is 5.98. The first-order valence-corrected chi connectivity index (χ1v) is 8.17. The lowest BCUT2D eigenvalue weighted by Gasteiger charge is -2.23. The molecular weight excluding hydrogens is 358 g/mol. The van der Waals surface area contributed by atoms with E-state index in [0.717, 1.165) is 19.8 Å². The predicted molar refractivity (Wildman–Crippen MR) is 92.5 cm³/mol. The average molecular weight is 379 g/mol. The molecule has 27 heavy (non-hydrogen) atoms. The number of esters is 4. The minimum absolute atomic E-state index is 0.0385. The van der Waals surface area contributed by atoms with Gasteiger partial charge in [0.25, 0.3) is 0 Å². The van der Waals surface area contributed by atoms with Crippen LogP contribution in [0.25, 0.3) is 0 Å². The lowest BCUT2D eigenvalue weighted by Crippen LogP contribution is -2.60. The Hall–Kier alpha value is -2.98. The van der Waals surface area contributed by atoms with Crippen molar-refractivity contribution in [2.24, 2.45) is 11.5 Å². The molecule has 1 aromatic carbocycles. The number of rotatable bonds is 5. The number of methoxy groups -OCH3 is 1. The fourth-order valence-corrected chi connectivity index (χ4v) is 2.67. The Labute approximate surface area is 155 Å². The highest BCUT2D eigenvalue weighted by atomic mass is 16.6. The Bertz CT molecular complexity index is 770. The molecule has 10 nitrogen and oxygen atoms in total. The second kappa shape index (κ2) is 8.14. The van der Waals surface area contributed by atoms with Crippen molar-refractivity contribution >= 4 is 29.6 Å². The predicted octanol–water partition coefficient (Wildman–Crippen LogP) is -0.109. The largest absolute Gasteiger partial charge is 0.465 e. The zero-order valence-corrected chi connectivity index (χ0v) is 15.0. The van der Waals surface area contributed by atoms with Crippen molar-refractivity contribution in [3.63, 3.8) is 0 Å². The van der Waals surface area contributed by atoms with Gasteiger partial charge in [-0.2, -0.15) is 0 Å². The number of nitrogens with zero attached hydrogens (tertiary/aromatic N) is 1. The van der Waals surface area contributed by atoms with Crippen LogP contribution in [0, 0.1) is 0 Å². The highest BCUT2D eigenvalue weighted by Crippen LogP contribution is 2.27. The van der Waals surface area contributed by atoms with Gasteiger partial charge in [0.15, 0.2) is 0 Å². The Morgan fingerprint density at radius 3 is 2.26 bits per heavy atom. The number of hydrogen-bond donors (Lipinski definition) is 2. The summed E-state index contributed by atoms with van der Waals surface area (Å²) in [4.78, 5) is 49.1. The molecule has 1 fully saturated rings. The Morgan fingerprint density at radius 2 is 1.70 bits per heavy atom. The van der Waals surface area contributed by atoms with Gasteiger partial charge in [0, 0.05) is 20.0 Å². The van der Waals surface area contributed by atoms with Crippen LogP contribution in [-0.4, -0.2) is 49.9 Å². The zero-order chi connectivity index (χ0) is 20.2. The molecule has 0 aliphatic carbocycles. The SMILES string of the molecule is COC(=O)c1ccc(C(=O)OC(=O)C(N)(N)OC(C)=O)c(N2CCCC2)c1. The maximum atomic E-state index is 12.5. The Kier molecular flexibility index (Phi) is 6.13. The van der Waals surface area contributed by atoms with Crippen LogP contribution in [0.5, 0.6) is 0 Å². The van der Waals surface area contributed by atoms with Crippen molar-refractivity contribution < 1.29 is 33.4 Å². The molecule has 1 aliphatic rings. The average Bonchev–Trinajstić information content (AvgIpc) is 3.13. The van der Waals surface area contributed by atoms with Gasteiger partial charge in [0.2, 0.25) is 0 Å². The lowest BCUT2D eigenvalue weighted by molar-refractivity contribution is -0.176. The van der Waals surface area contributed by atoms with Crippen LogP contribution in [0.3, 0.4) is 0 Å². The third-order valence-corrected chi connectivity index (χ3v) is 3.90. The summed E-state index contributed by atoms with van der Waals surface area (Å²) in [5.41, 5.74) is 11.4. The minimum atomic E-state index is -2.60. The van der Waals surface area contributed by atoms with Crippen molar-refractivity contribution in [2.75, 3.05) is 25.1 Å². The van der Waals surface area contributed by atoms with Gasteiger partial charge in [-0.05, 0) is 31.0 Å². The fraction of sp³-hybridized carbons (Fsp3) is 0.412. The second-order valence-electron chi connectivity index (χ2n) is 5.98. The summed E-state index contributed by atoms with van der Waals surface area (Å²) in [6, 6.07) is 4.20. The van der Waals surface area contributed by atoms with Gasteiger partial charge < -0.3 is 19.1 Å². The monoisotopic (exact) mass is 379 g/mol. The molecule has 1 aromatic rings. The van der Waals surface area contributed by atoms with E-state index in [9.17, 15) is 19.2 Å². The first kappa shape index (κ1) is 20.3. The summed E-state index contributed by atoms with van der Waals surface area (Å²) >= 11 is 0. The number of anilines is 1. The molecule has 10 heteroatoms. The van der Waals surface area contributed by atoms with E-state index in [2.05, 4.69) is 9.47 Å². The van der Waals surface area contributed by atoms with Crippen molar-refractivity contribution in [2.45, 2.75) is 25.6 Å². The Balaban J connectivity index is 2.30. The molecule has 0 amide bonds. The van der Waals surface area contributed by atoms with Crippen molar-refractivity contribution in [3.05, 3.63) is 29.3 Å². The van der Waals surface area contributed by atoms with Crippen LogP contribution in [-0.2, 0) is 23.8 Å². The zero-order valence-electron chi connectivity index (χ0n) is 15.0. The van der Waals surface area contributed by atoms with E-state index in [4.69, 9.17) is 16.2 Å². The number of carbonyl (C=O) groups excluding carboxylic acids is 4. The molecule has 1 saturated heterocycles. The molecule has 4 N–H and O–H groups in total. The molecule has 0 aromatic heterocycles. The topological polar surface area (TPSA) is 151 Å². The van der Waals surface area contributed by atoms with Gasteiger partial charge in [-0.1, -0.05) is 0 Å². The number of hydrogen-bond acceptors (Lipinski definition) is 10. The highest BCUT2D eigenvalue weighted by molar-refractivity contribution is 6.04. The smallest absolute Gasteiger partial charge is 0.390 e. The van der Waals surface area contributed by atoms with Crippen LogP contribution in [0.2, 0.25) is 0 Å². The maximum absolute atomic E-state index is 12.5. The summed E-state index contributed by atoms with van der Waals surface area (Å²) in [6.45, 7) is 2.34. The minimum Gasteiger partial charge on any atom is -0.465 e. The van der Waals surface area contributed by atoms with Gasteiger partial charge in [-0.25, -0.2) is 14.4 Å². The number of nitrogens with two attached hydrogens (primary N) is 2. The van der Waals surface area contributed by atoms with E-state index in [1.165, 1.54) is 25.3 Å². The first-order valence-electron chi connectivity index (χ1n) is 8.17. The van der Waals surface area contributed by atoms with Gasteiger partial charge >= 0.3 is 29.7 Å². The Morgan fingerprint density at radius 1 is 1.07 bits per heavy atom. The highest BCUT2D eigenvalue weighted by Gasteiger charge is 2.37. The molecule has 1 heterocycles. The summed E-state index contributed by atoms with van der Waals surface area (Å²) in [6.07, 6.45) is 1.83. The van der Waals surface area contributed by atoms with Crippen LogP contribution in [0.1, 0.15) is 40.5 Å². The summed E-state index contributed by atoms with van der Waals surface area (Å²) in [5, 5.41) is 0. The van der Waals surface area contributed by atoms with E-state index in [1.807, 2.05) is 4.90 Å². The van der Waals surface area contributed by atoms with E-state index in [1.54, 1.807) is 0 Å². The molecule has 1 aliphatic heterocycles. The van der Waals surface area contributed by atoms with Gasteiger partial charge in [-0.3, -0.25) is 16.3 Å². The van der Waals surface area contributed by atoms with Gasteiger partial charge in [0.05, 0.1) is 23.9 Å². The summed E-state index contributed by atoms with van der Waals surface area (Å²) in [5.74, 6) is -6.53. The van der Waals surface area contributed by atoms with Gasteiger partial charge in [-0.15, -0.1) is 0 Å². The quantitative estimate of drug-likeness (QED) is 0.307. The normalized spacial score (nSPS) is 13.9. The third kappa shape index (κ3) is 4.80. The van der Waals surface area contributed by atoms with Crippen molar-refractivity contribution in [3.8, 4) is 0 Å².